The molecule has 1 N–H and O–H groups in total. The highest BCUT2D eigenvalue weighted by Gasteiger charge is 2.26. The van der Waals surface area contributed by atoms with Gasteiger partial charge in [0, 0.05) is 7.05 Å². The SMILES string of the molecule is CCCC(C#N)NS(=O)(=O)c1c(Br)nnn1C. The normalized spacial score (nSPS) is 13.3. The zero-order valence-corrected chi connectivity index (χ0v) is 11.8. The molecule has 0 saturated carbocycles. The van der Waals surface area contributed by atoms with Gasteiger partial charge < -0.3 is 0 Å². The van der Waals surface area contributed by atoms with Gasteiger partial charge in [-0.3, -0.25) is 0 Å². The Balaban J connectivity index is 3.01. The quantitative estimate of drug-likeness (QED) is 0.853. The first-order chi connectivity index (χ1) is 7.92. The Morgan fingerprint density at radius 3 is 2.71 bits per heavy atom. The summed E-state index contributed by atoms with van der Waals surface area (Å²) < 4.78 is 27.5. The number of aromatic nitrogens is 3. The van der Waals surface area contributed by atoms with Crippen LogP contribution in [0, 0.1) is 11.3 Å². The van der Waals surface area contributed by atoms with Crippen molar-refractivity contribution in [3.05, 3.63) is 4.60 Å². The zero-order valence-electron chi connectivity index (χ0n) is 9.38. The van der Waals surface area contributed by atoms with Crippen LogP contribution in [-0.4, -0.2) is 29.5 Å². The van der Waals surface area contributed by atoms with Gasteiger partial charge >= 0.3 is 0 Å². The van der Waals surface area contributed by atoms with Gasteiger partial charge in [0.2, 0.25) is 5.03 Å². The van der Waals surface area contributed by atoms with Crippen molar-refractivity contribution in [3.63, 3.8) is 0 Å². The molecular weight excluding hydrogens is 310 g/mol. The van der Waals surface area contributed by atoms with E-state index in [0.29, 0.717) is 12.8 Å². The Hall–Kier alpha value is -0.980. The van der Waals surface area contributed by atoms with E-state index in [1.165, 1.54) is 7.05 Å². The van der Waals surface area contributed by atoms with E-state index >= 15 is 0 Å². The highest BCUT2D eigenvalue weighted by atomic mass is 79.9. The van der Waals surface area contributed by atoms with Crippen LogP contribution in [0.15, 0.2) is 9.63 Å². The number of aryl methyl sites for hydroxylation is 1. The van der Waals surface area contributed by atoms with Crippen molar-refractivity contribution < 1.29 is 8.42 Å². The summed E-state index contributed by atoms with van der Waals surface area (Å²) in [6.07, 6.45) is 1.17. The molecule has 1 aromatic rings. The molecule has 0 spiro atoms. The summed E-state index contributed by atoms with van der Waals surface area (Å²) >= 11 is 3.01. The van der Waals surface area contributed by atoms with Gasteiger partial charge in [-0.2, -0.15) is 9.98 Å². The van der Waals surface area contributed by atoms with Gasteiger partial charge in [-0.25, -0.2) is 13.1 Å². The maximum Gasteiger partial charge on any atom is 0.261 e. The molecule has 17 heavy (non-hydrogen) atoms. The summed E-state index contributed by atoms with van der Waals surface area (Å²) in [7, 11) is -2.33. The van der Waals surface area contributed by atoms with Crippen molar-refractivity contribution in [1.29, 1.82) is 5.26 Å². The largest absolute Gasteiger partial charge is 0.261 e. The lowest BCUT2D eigenvalue weighted by atomic mass is 10.2. The number of nitrogens with zero attached hydrogens (tertiary/aromatic N) is 4. The third kappa shape index (κ3) is 3.24. The lowest BCUT2D eigenvalue weighted by Gasteiger charge is -2.10. The maximum atomic E-state index is 12.0. The van der Waals surface area contributed by atoms with E-state index in [1.54, 1.807) is 0 Å². The van der Waals surface area contributed by atoms with E-state index < -0.39 is 16.1 Å². The topological polar surface area (TPSA) is 101 Å². The van der Waals surface area contributed by atoms with Crippen molar-refractivity contribution in [2.75, 3.05) is 0 Å². The Morgan fingerprint density at radius 2 is 2.29 bits per heavy atom. The number of nitriles is 1. The predicted molar refractivity (Wildman–Crippen MR) is 63.3 cm³/mol. The molecule has 0 aliphatic carbocycles. The van der Waals surface area contributed by atoms with E-state index in [0.717, 1.165) is 4.68 Å². The van der Waals surface area contributed by atoms with Crippen LogP contribution in [0.3, 0.4) is 0 Å². The number of hydrogen-bond donors (Lipinski definition) is 1. The summed E-state index contributed by atoms with van der Waals surface area (Å²) in [4.78, 5) is 0. The fourth-order valence-corrected chi connectivity index (χ4v) is 3.56. The second-order valence-electron chi connectivity index (χ2n) is 3.40. The van der Waals surface area contributed by atoms with Gasteiger partial charge in [-0.15, -0.1) is 5.10 Å². The lowest BCUT2D eigenvalue weighted by molar-refractivity contribution is 0.545. The summed E-state index contributed by atoms with van der Waals surface area (Å²) in [6.45, 7) is 1.88. The second-order valence-corrected chi connectivity index (χ2v) is 5.78. The lowest BCUT2D eigenvalue weighted by Crippen LogP contribution is -2.34. The predicted octanol–water partition coefficient (Wildman–Crippen LogP) is 0.548. The molecule has 0 saturated heterocycles. The molecular formula is C8H12BrN5O2S. The van der Waals surface area contributed by atoms with Crippen LogP contribution in [0.5, 0.6) is 0 Å². The van der Waals surface area contributed by atoms with Gasteiger partial charge in [0.25, 0.3) is 10.0 Å². The molecule has 0 fully saturated rings. The van der Waals surface area contributed by atoms with Crippen LogP contribution in [0.1, 0.15) is 19.8 Å². The monoisotopic (exact) mass is 321 g/mol. The Bertz CT molecular complexity index is 513. The fraction of sp³-hybridized carbons (Fsp3) is 0.625. The molecule has 1 rings (SSSR count). The summed E-state index contributed by atoms with van der Waals surface area (Å²) in [5.41, 5.74) is 0. The van der Waals surface area contributed by atoms with Crippen molar-refractivity contribution >= 4 is 26.0 Å². The van der Waals surface area contributed by atoms with E-state index in [1.807, 2.05) is 13.0 Å². The van der Waals surface area contributed by atoms with Gasteiger partial charge in [-0.05, 0) is 22.4 Å². The van der Waals surface area contributed by atoms with E-state index in [-0.39, 0.29) is 9.63 Å². The Morgan fingerprint density at radius 1 is 1.65 bits per heavy atom. The van der Waals surface area contributed by atoms with Crippen LogP contribution in [0.4, 0.5) is 0 Å². The second kappa shape index (κ2) is 5.57. The molecule has 0 bridgehead atoms. The third-order valence-electron chi connectivity index (χ3n) is 2.02. The molecule has 0 aliphatic rings. The molecule has 1 aromatic heterocycles. The summed E-state index contributed by atoms with van der Waals surface area (Å²) in [5.74, 6) is 0. The average Bonchev–Trinajstić information content (AvgIpc) is 2.58. The zero-order chi connectivity index (χ0) is 13.1. The van der Waals surface area contributed by atoms with Gasteiger partial charge in [0.1, 0.15) is 6.04 Å². The van der Waals surface area contributed by atoms with Crippen LogP contribution < -0.4 is 4.72 Å². The van der Waals surface area contributed by atoms with Crippen LogP contribution >= 0.6 is 15.9 Å². The minimum absolute atomic E-state index is 0.0890. The van der Waals surface area contributed by atoms with Gasteiger partial charge in [-0.1, -0.05) is 18.6 Å². The molecule has 1 unspecified atom stereocenters. The number of hydrogen-bond acceptors (Lipinski definition) is 5. The molecule has 9 heteroatoms. The summed E-state index contributed by atoms with van der Waals surface area (Å²) in [6, 6.07) is 1.16. The molecule has 7 nitrogen and oxygen atoms in total. The Labute approximate surface area is 108 Å². The highest BCUT2D eigenvalue weighted by molar-refractivity contribution is 9.10. The van der Waals surface area contributed by atoms with Gasteiger partial charge in [0.15, 0.2) is 4.60 Å². The number of halogens is 1. The minimum atomic E-state index is -3.79. The standard InChI is InChI=1S/C8H12BrN5O2S/c1-3-4-6(5-10)12-17(15,16)8-7(9)11-13-14(8)2/h6,12H,3-4H2,1-2H3. The van der Waals surface area contributed by atoms with Gasteiger partial charge in [0.05, 0.1) is 6.07 Å². The summed E-state index contributed by atoms with van der Waals surface area (Å²) in [5, 5.41) is 15.9. The molecule has 0 amide bonds. The van der Waals surface area contributed by atoms with Crippen LogP contribution in [0.2, 0.25) is 0 Å². The van der Waals surface area contributed by atoms with Crippen molar-refractivity contribution in [3.8, 4) is 6.07 Å². The first-order valence-electron chi connectivity index (χ1n) is 4.89. The number of sulfonamides is 1. The molecule has 1 atom stereocenters. The molecule has 0 aromatic carbocycles. The average molecular weight is 322 g/mol. The Kier molecular flexibility index (Phi) is 4.62. The number of rotatable bonds is 5. The maximum absolute atomic E-state index is 12.0. The molecule has 1 heterocycles. The molecule has 0 radical (unpaired) electrons. The minimum Gasteiger partial charge on any atom is -0.235 e. The molecule has 94 valence electrons. The first-order valence-corrected chi connectivity index (χ1v) is 7.17. The van der Waals surface area contributed by atoms with Crippen molar-refractivity contribution in [2.45, 2.75) is 30.8 Å². The van der Waals surface area contributed by atoms with Crippen molar-refractivity contribution in [2.24, 2.45) is 7.05 Å². The van der Waals surface area contributed by atoms with Crippen LogP contribution in [0.25, 0.3) is 0 Å². The number of nitrogens with one attached hydrogen (secondary N) is 1. The highest BCUT2D eigenvalue weighted by Crippen LogP contribution is 2.18. The fourth-order valence-electron chi connectivity index (χ4n) is 1.29. The smallest absolute Gasteiger partial charge is 0.235 e. The van der Waals surface area contributed by atoms with Crippen LogP contribution in [-0.2, 0) is 17.1 Å². The third-order valence-corrected chi connectivity index (χ3v) is 4.38. The first kappa shape index (κ1) is 14.1. The van der Waals surface area contributed by atoms with E-state index in [2.05, 4.69) is 31.0 Å². The van der Waals surface area contributed by atoms with Crippen molar-refractivity contribution in [1.82, 2.24) is 19.7 Å². The van der Waals surface area contributed by atoms with E-state index in [9.17, 15) is 8.42 Å². The van der Waals surface area contributed by atoms with E-state index in [4.69, 9.17) is 5.26 Å². The molecule has 0 aliphatic heterocycles.